The number of nitrogens with two attached hydrogens (primary N) is 1. The fraction of sp³-hybridized carbons (Fsp3) is 0.562. The summed E-state index contributed by atoms with van der Waals surface area (Å²) >= 11 is 0. The predicted molar refractivity (Wildman–Crippen MR) is 85.9 cm³/mol. The minimum atomic E-state index is 0.608. The molecule has 0 fully saturated rings. The third-order valence-electron chi connectivity index (χ3n) is 3.96. The van der Waals surface area contributed by atoms with Crippen LogP contribution in [0.2, 0.25) is 0 Å². The van der Waals surface area contributed by atoms with Gasteiger partial charge >= 0.3 is 0 Å². The molecule has 2 rings (SSSR count). The van der Waals surface area contributed by atoms with Crippen molar-refractivity contribution in [3.05, 3.63) is 23.8 Å². The second kappa shape index (κ2) is 6.27. The van der Waals surface area contributed by atoms with Gasteiger partial charge in [-0.25, -0.2) is 4.98 Å². The van der Waals surface area contributed by atoms with Crippen LogP contribution in [0.3, 0.4) is 0 Å². The Hall–Kier alpha value is -1.55. The van der Waals surface area contributed by atoms with E-state index in [1.807, 2.05) is 6.07 Å². The molecule has 0 radical (unpaired) electrons. The Kier molecular flexibility index (Phi) is 4.65. The lowest BCUT2D eigenvalue weighted by atomic mass is 10.2. The molecule has 0 spiro atoms. The van der Waals surface area contributed by atoms with Crippen molar-refractivity contribution in [1.29, 1.82) is 0 Å². The molecule has 0 amide bonds. The highest BCUT2D eigenvalue weighted by atomic mass is 15.2. The number of hydrogen-bond donors (Lipinski definition) is 1. The Morgan fingerprint density at radius 2 is 2.05 bits per heavy atom. The van der Waals surface area contributed by atoms with E-state index in [9.17, 15) is 0 Å². The van der Waals surface area contributed by atoms with Gasteiger partial charge in [-0.1, -0.05) is 6.07 Å². The highest BCUT2D eigenvalue weighted by molar-refractivity contribution is 5.79. The topological polar surface area (TPSA) is 47.1 Å². The lowest BCUT2D eigenvalue weighted by Gasteiger charge is -2.20. The highest BCUT2D eigenvalue weighted by Crippen LogP contribution is 2.19. The largest absolute Gasteiger partial charge is 0.369 e. The van der Waals surface area contributed by atoms with Crippen LogP contribution in [-0.4, -0.2) is 34.1 Å². The first-order chi connectivity index (χ1) is 9.49. The highest BCUT2D eigenvalue weighted by Gasteiger charge is 2.08. The second-order valence-electron chi connectivity index (χ2n) is 5.90. The zero-order valence-electron chi connectivity index (χ0n) is 13.1. The number of nitrogen functional groups attached to an aromatic ring is 1. The molecule has 0 saturated heterocycles. The van der Waals surface area contributed by atoms with Gasteiger partial charge in [-0.2, -0.15) is 0 Å². The zero-order valence-corrected chi connectivity index (χ0v) is 13.1. The first kappa shape index (κ1) is 14.9. The van der Waals surface area contributed by atoms with Gasteiger partial charge in [0.2, 0.25) is 5.95 Å². The molecule has 0 unspecified atom stereocenters. The van der Waals surface area contributed by atoms with Crippen molar-refractivity contribution < 1.29 is 0 Å². The van der Waals surface area contributed by atoms with Crippen LogP contribution in [0.25, 0.3) is 11.0 Å². The van der Waals surface area contributed by atoms with Crippen molar-refractivity contribution in [2.75, 3.05) is 19.3 Å². The summed E-state index contributed by atoms with van der Waals surface area (Å²) in [4.78, 5) is 6.80. The lowest BCUT2D eigenvalue weighted by molar-refractivity contribution is 0.266. The van der Waals surface area contributed by atoms with Crippen molar-refractivity contribution in [3.8, 4) is 0 Å². The van der Waals surface area contributed by atoms with E-state index in [2.05, 4.69) is 54.4 Å². The molecule has 0 aliphatic carbocycles. The number of unbranched alkanes of at least 4 members (excludes halogenated alkanes) is 1. The first-order valence-corrected chi connectivity index (χ1v) is 7.41. The monoisotopic (exact) mass is 274 g/mol. The number of imidazole rings is 1. The van der Waals surface area contributed by atoms with E-state index in [0.29, 0.717) is 12.0 Å². The molecular formula is C16H26N4. The van der Waals surface area contributed by atoms with Gasteiger partial charge in [-0.05, 0) is 64.9 Å². The molecule has 0 aliphatic heterocycles. The van der Waals surface area contributed by atoms with Crippen LogP contribution in [-0.2, 0) is 6.54 Å². The van der Waals surface area contributed by atoms with E-state index in [1.165, 1.54) is 12.0 Å². The normalized spacial score (nSPS) is 11.9. The van der Waals surface area contributed by atoms with Gasteiger partial charge in [-0.3, -0.25) is 0 Å². The van der Waals surface area contributed by atoms with Crippen molar-refractivity contribution in [2.45, 2.75) is 46.2 Å². The van der Waals surface area contributed by atoms with Crippen LogP contribution >= 0.6 is 0 Å². The minimum Gasteiger partial charge on any atom is -0.369 e. The van der Waals surface area contributed by atoms with E-state index >= 15 is 0 Å². The quantitative estimate of drug-likeness (QED) is 0.824. The fourth-order valence-corrected chi connectivity index (χ4v) is 2.38. The number of nitrogens with zero attached hydrogens (tertiary/aromatic N) is 3. The maximum atomic E-state index is 6.04. The van der Waals surface area contributed by atoms with E-state index in [1.54, 1.807) is 0 Å². The molecule has 4 heteroatoms. The molecule has 1 aromatic heterocycles. The maximum Gasteiger partial charge on any atom is 0.201 e. The third kappa shape index (κ3) is 3.31. The molecule has 0 atom stereocenters. The summed E-state index contributed by atoms with van der Waals surface area (Å²) in [7, 11) is 2.18. The summed E-state index contributed by atoms with van der Waals surface area (Å²) in [6, 6.07) is 6.90. The molecular weight excluding hydrogens is 248 g/mol. The minimum absolute atomic E-state index is 0.608. The Morgan fingerprint density at radius 1 is 1.30 bits per heavy atom. The Balaban J connectivity index is 1.99. The molecule has 2 N–H and O–H groups in total. The van der Waals surface area contributed by atoms with Crippen LogP contribution in [0.15, 0.2) is 18.2 Å². The molecule has 0 bridgehead atoms. The number of rotatable bonds is 6. The Bertz CT molecular complexity index is 571. The smallest absolute Gasteiger partial charge is 0.201 e. The summed E-state index contributed by atoms with van der Waals surface area (Å²) in [6.45, 7) is 8.62. The summed E-state index contributed by atoms with van der Waals surface area (Å²) in [5.41, 5.74) is 9.43. The maximum absolute atomic E-state index is 6.04. The molecule has 110 valence electrons. The zero-order chi connectivity index (χ0) is 14.7. The van der Waals surface area contributed by atoms with Gasteiger partial charge in [0.05, 0.1) is 11.0 Å². The Morgan fingerprint density at radius 3 is 2.75 bits per heavy atom. The number of fused-ring (bicyclic) bond motifs is 1. The van der Waals surface area contributed by atoms with E-state index < -0.39 is 0 Å². The molecule has 4 nitrogen and oxygen atoms in total. The summed E-state index contributed by atoms with van der Waals surface area (Å²) in [5, 5.41) is 0. The van der Waals surface area contributed by atoms with Crippen LogP contribution in [0.1, 0.15) is 32.3 Å². The Labute approximate surface area is 121 Å². The molecule has 1 aromatic carbocycles. The SMILES string of the molecule is Cc1ccc2nc(N)n(CCCCN(C)C(C)C)c2c1. The number of anilines is 1. The van der Waals surface area contributed by atoms with Crippen molar-refractivity contribution in [2.24, 2.45) is 0 Å². The summed E-state index contributed by atoms with van der Waals surface area (Å²) < 4.78 is 2.14. The van der Waals surface area contributed by atoms with Crippen LogP contribution < -0.4 is 5.73 Å². The van der Waals surface area contributed by atoms with Gasteiger partial charge in [-0.15, -0.1) is 0 Å². The van der Waals surface area contributed by atoms with E-state index in [0.717, 1.165) is 30.5 Å². The number of aryl methyl sites for hydroxylation is 2. The van der Waals surface area contributed by atoms with E-state index in [4.69, 9.17) is 5.73 Å². The number of benzene rings is 1. The van der Waals surface area contributed by atoms with Gasteiger partial charge in [0.1, 0.15) is 0 Å². The molecule has 0 saturated carbocycles. The van der Waals surface area contributed by atoms with Crippen LogP contribution in [0.4, 0.5) is 5.95 Å². The predicted octanol–water partition coefficient (Wildman–Crippen LogP) is 3.05. The second-order valence-corrected chi connectivity index (χ2v) is 5.90. The van der Waals surface area contributed by atoms with Crippen LogP contribution in [0.5, 0.6) is 0 Å². The lowest BCUT2D eigenvalue weighted by Crippen LogP contribution is -2.27. The average Bonchev–Trinajstić information content (AvgIpc) is 2.70. The van der Waals surface area contributed by atoms with Gasteiger partial charge in [0, 0.05) is 12.6 Å². The standard InChI is InChI=1S/C16H26N4/c1-12(2)19(4)9-5-6-10-20-15-11-13(3)7-8-14(15)18-16(20)17/h7-8,11-12H,5-6,9-10H2,1-4H3,(H2,17,18). The average molecular weight is 274 g/mol. The van der Waals surface area contributed by atoms with E-state index in [-0.39, 0.29) is 0 Å². The van der Waals surface area contributed by atoms with Gasteiger partial charge in [0.25, 0.3) is 0 Å². The first-order valence-electron chi connectivity index (χ1n) is 7.41. The molecule has 2 aromatic rings. The molecule has 0 aliphatic rings. The van der Waals surface area contributed by atoms with Crippen molar-refractivity contribution in [3.63, 3.8) is 0 Å². The number of aromatic nitrogens is 2. The number of hydrogen-bond acceptors (Lipinski definition) is 3. The summed E-state index contributed by atoms with van der Waals surface area (Å²) in [5.74, 6) is 0.628. The van der Waals surface area contributed by atoms with Crippen molar-refractivity contribution in [1.82, 2.24) is 14.5 Å². The summed E-state index contributed by atoms with van der Waals surface area (Å²) in [6.07, 6.45) is 2.31. The van der Waals surface area contributed by atoms with Crippen LogP contribution in [0, 0.1) is 6.92 Å². The van der Waals surface area contributed by atoms with Gasteiger partial charge in [0.15, 0.2) is 0 Å². The van der Waals surface area contributed by atoms with Gasteiger partial charge < -0.3 is 15.2 Å². The third-order valence-corrected chi connectivity index (χ3v) is 3.96. The fourth-order valence-electron chi connectivity index (χ4n) is 2.38. The molecule has 1 heterocycles. The van der Waals surface area contributed by atoms with Crippen molar-refractivity contribution >= 4 is 17.0 Å². The molecule has 20 heavy (non-hydrogen) atoms.